The monoisotopic (exact) mass is 1110 g/mol. The molecular weight excluding hydrogens is 985 g/mol. The van der Waals surface area contributed by atoms with E-state index in [2.05, 4.69) is 142 Å². The molecule has 456 valence electrons. The Bertz CT molecular complexity index is 1650. The van der Waals surface area contributed by atoms with Gasteiger partial charge in [-0.25, -0.2) is 0 Å². The summed E-state index contributed by atoms with van der Waals surface area (Å²) in [6.07, 6.45) is 93.7. The minimum atomic E-state index is -0.786. The van der Waals surface area contributed by atoms with Crippen molar-refractivity contribution in [3.63, 3.8) is 0 Å². The SMILES string of the molecule is CC/C=C\C/C=C\C/C=C\C/C=C\C/C=C\C/C=C\CCCCCCCCCCCCCCCCC(=O)OCC(COC(=O)CCCCCCCCCCCC)OC(=O)CCCCCCCC/C=C\C/C=C\C/C=C\C/C=C\CC. The molecule has 1 atom stereocenters. The summed E-state index contributed by atoms with van der Waals surface area (Å²) < 4.78 is 16.9. The van der Waals surface area contributed by atoms with Crippen LogP contribution < -0.4 is 0 Å². The number of rotatable bonds is 60. The van der Waals surface area contributed by atoms with Crippen LogP contribution in [0.2, 0.25) is 0 Å². The zero-order valence-corrected chi connectivity index (χ0v) is 52.3. The van der Waals surface area contributed by atoms with Crippen LogP contribution in [0.25, 0.3) is 0 Å². The number of unbranched alkanes of at least 4 members (excludes halogenated alkanes) is 29. The first-order chi connectivity index (χ1) is 39.5. The molecule has 0 aliphatic carbocycles. The summed E-state index contributed by atoms with van der Waals surface area (Å²) in [4.78, 5) is 38.3. The summed E-state index contributed by atoms with van der Waals surface area (Å²) in [5.74, 6) is -0.890. The van der Waals surface area contributed by atoms with Crippen molar-refractivity contribution in [3.8, 4) is 0 Å². The van der Waals surface area contributed by atoms with E-state index in [0.717, 1.165) is 135 Å². The van der Waals surface area contributed by atoms with E-state index in [9.17, 15) is 14.4 Å². The van der Waals surface area contributed by atoms with Gasteiger partial charge in [-0.15, -0.1) is 0 Å². The van der Waals surface area contributed by atoms with E-state index in [0.29, 0.717) is 19.3 Å². The minimum Gasteiger partial charge on any atom is -0.462 e. The van der Waals surface area contributed by atoms with E-state index in [-0.39, 0.29) is 31.1 Å². The molecule has 0 saturated carbocycles. The fourth-order valence-corrected chi connectivity index (χ4v) is 9.26. The highest BCUT2D eigenvalue weighted by atomic mass is 16.6. The molecular formula is C74H124O6. The van der Waals surface area contributed by atoms with Crippen LogP contribution in [0.3, 0.4) is 0 Å². The van der Waals surface area contributed by atoms with Crippen molar-refractivity contribution >= 4 is 17.9 Å². The predicted molar refractivity (Wildman–Crippen MR) is 348 cm³/mol. The van der Waals surface area contributed by atoms with Crippen LogP contribution in [-0.2, 0) is 28.6 Å². The van der Waals surface area contributed by atoms with Crippen molar-refractivity contribution in [2.24, 2.45) is 0 Å². The Morgan fingerprint density at radius 3 is 0.762 bits per heavy atom. The lowest BCUT2D eigenvalue weighted by Gasteiger charge is -2.18. The van der Waals surface area contributed by atoms with Gasteiger partial charge >= 0.3 is 17.9 Å². The fourth-order valence-electron chi connectivity index (χ4n) is 9.26. The molecule has 6 nitrogen and oxygen atoms in total. The maximum absolute atomic E-state index is 12.9. The molecule has 0 rings (SSSR count). The molecule has 0 radical (unpaired) electrons. The molecule has 0 heterocycles. The highest BCUT2D eigenvalue weighted by Gasteiger charge is 2.19. The third-order valence-electron chi connectivity index (χ3n) is 14.2. The Morgan fingerprint density at radius 2 is 0.487 bits per heavy atom. The molecule has 0 aliphatic rings. The summed E-state index contributed by atoms with van der Waals surface area (Å²) in [5.41, 5.74) is 0. The summed E-state index contributed by atoms with van der Waals surface area (Å²) in [7, 11) is 0. The minimum absolute atomic E-state index is 0.0821. The molecule has 6 heteroatoms. The van der Waals surface area contributed by atoms with E-state index in [4.69, 9.17) is 14.2 Å². The molecule has 0 aliphatic heterocycles. The van der Waals surface area contributed by atoms with Crippen LogP contribution in [0.15, 0.2) is 122 Å². The van der Waals surface area contributed by atoms with Crippen LogP contribution in [-0.4, -0.2) is 37.2 Å². The smallest absolute Gasteiger partial charge is 0.306 e. The first-order valence-corrected chi connectivity index (χ1v) is 33.5. The first-order valence-electron chi connectivity index (χ1n) is 33.5. The van der Waals surface area contributed by atoms with Gasteiger partial charge in [-0.1, -0.05) is 303 Å². The lowest BCUT2D eigenvalue weighted by atomic mass is 10.0. The van der Waals surface area contributed by atoms with Gasteiger partial charge in [0, 0.05) is 19.3 Å². The maximum Gasteiger partial charge on any atom is 0.306 e. The van der Waals surface area contributed by atoms with Crippen LogP contribution in [0.1, 0.15) is 310 Å². The fraction of sp³-hybridized carbons (Fsp3) is 0.689. The van der Waals surface area contributed by atoms with Crippen LogP contribution in [0.4, 0.5) is 0 Å². The summed E-state index contributed by atoms with van der Waals surface area (Å²) in [6, 6.07) is 0. The quantitative estimate of drug-likeness (QED) is 0.0261. The molecule has 0 spiro atoms. The van der Waals surface area contributed by atoms with Gasteiger partial charge in [-0.3, -0.25) is 14.4 Å². The Labute approximate surface area is 494 Å². The number of carbonyl (C=O) groups excluding carboxylic acids is 3. The Morgan fingerprint density at radius 1 is 0.263 bits per heavy atom. The number of carbonyl (C=O) groups is 3. The average Bonchev–Trinajstić information content (AvgIpc) is 3.46. The third-order valence-corrected chi connectivity index (χ3v) is 14.2. The highest BCUT2D eigenvalue weighted by Crippen LogP contribution is 2.16. The summed E-state index contributed by atoms with van der Waals surface area (Å²) >= 11 is 0. The zero-order chi connectivity index (χ0) is 57.8. The van der Waals surface area contributed by atoms with E-state index in [1.54, 1.807) is 0 Å². The van der Waals surface area contributed by atoms with E-state index in [1.807, 2.05) is 0 Å². The van der Waals surface area contributed by atoms with Gasteiger partial charge in [0.15, 0.2) is 6.10 Å². The average molecular weight is 1110 g/mol. The van der Waals surface area contributed by atoms with Crippen molar-refractivity contribution in [1.82, 2.24) is 0 Å². The topological polar surface area (TPSA) is 78.9 Å². The summed E-state index contributed by atoms with van der Waals surface area (Å²) in [5, 5.41) is 0. The van der Waals surface area contributed by atoms with Crippen LogP contribution in [0, 0.1) is 0 Å². The second kappa shape index (κ2) is 67.3. The van der Waals surface area contributed by atoms with Crippen molar-refractivity contribution in [2.45, 2.75) is 316 Å². The number of esters is 3. The molecule has 0 N–H and O–H groups in total. The molecule has 0 amide bonds. The molecule has 0 aromatic carbocycles. The van der Waals surface area contributed by atoms with Crippen molar-refractivity contribution in [3.05, 3.63) is 122 Å². The molecule has 0 aromatic heterocycles. The number of hydrogen-bond acceptors (Lipinski definition) is 6. The molecule has 80 heavy (non-hydrogen) atoms. The highest BCUT2D eigenvalue weighted by molar-refractivity contribution is 5.71. The van der Waals surface area contributed by atoms with Gasteiger partial charge in [0.05, 0.1) is 0 Å². The Hall–Kier alpha value is -4.19. The Kier molecular flexibility index (Phi) is 63.8. The van der Waals surface area contributed by atoms with Crippen molar-refractivity contribution in [2.75, 3.05) is 13.2 Å². The lowest BCUT2D eigenvalue weighted by Crippen LogP contribution is -2.30. The van der Waals surface area contributed by atoms with E-state index < -0.39 is 6.10 Å². The molecule has 1 unspecified atom stereocenters. The second-order valence-corrected chi connectivity index (χ2v) is 22.0. The molecule has 0 aromatic rings. The van der Waals surface area contributed by atoms with E-state index >= 15 is 0 Å². The normalized spacial score (nSPS) is 12.9. The van der Waals surface area contributed by atoms with Crippen LogP contribution in [0.5, 0.6) is 0 Å². The lowest BCUT2D eigenvalue weighted by molar-refractivity contribution is -0.167. The molecule has 0 bridgehead atoms. The van der Waals surface area contributed by atoms with Gasteiger partial charge in [0.2, 0.25) is 0 Å². The maximum atomic E-state index is 12.9. The predicted octanol–water partition coefficient (Wildman–Crippen LogP) is 23.2. The molecule has 0 saturated heterocycles. The zero-order valence-electron chi connectivity index (χ0n) is 52.3. The Balaban J connectivity index is 4.18. The van der Waals surface area contributed by atoms with Crippen LogP contribution >= 0.6 is 0 Å². The second-order valence-electron chi connectivity index (χ2n) is 22.0. The molecule has 0 fully saturated rings. The first kappa shape index (κ1) is 75.8. The number of ether oxygens (including phenoxy) is 3. The number of hydrogen-bond donors (Lipinski definition) is 0. The van der Waals surface area contributed by atoms with Gasteiger partial charge in [-0.2, -0.15) is 0 Å². The van der Waals surface area contributed by atoms with Crippen molar-refractivity contribution in [1.29, 1.82) is 0 Å². The van der Waals surface area contributed by atoms with Gasteiger partial charge in [-0.05, 0) is 109 Å². The van der Waals surface area contributed by atoms with Gasteiger partial charge in [0.25, 0.3) is 0 Å². The standard InChI is InChI=1S/C74H124O6/c1-4-7-10-13-16-19-22-24-26-28-30-31-32-33-34-35-36-37-38-39-40-41-42-43-45-46-48-50-52-55-58-61-64-67-73(76)79-70-71(69-78-72(75)66-63-60-57-54-21-18-15-12-9-6-3)80-74(77)68-65-62-59-56-53-51-49-47-44-29-27-25-23-20-17-14-11-8-5-2/h7-8,10-11,16-17,19-20,24-27,30-31,33-34,36-37,44,47,71H,4-6,9,12-15,18,21-23,28-29,32,35,38-43,45-46,48-70H2,1-3H3/b10-7-,11-8-,19-16-,20-17-,26-24-,27-25-,31-30-,34-33-,37-36-,47-44-. The largest absolute Gasteiger partial charge is 0.462 e. The van der Waals surface area contributed by atoms with Gasteiger partial charge in [0.1, 0.15) is 13.2 Å². The summed E-state index contributed by atoms with van der Waals surface area (Å²) in [6.45, 7) is 6.41. The number of allylic oxidation sites excluding steroid dienone is 20. The third kappa shape index (κ3) is 64.6. The van der Waals surface area contributed by atoms with E-state index in [1.165, 1.54) is 135 Å². The van der Waals surface area contributed by atoms with Gasteiger partial charge < -0.3 is 14.2 Å². The van der Waals surface area contributed by atoms with Crippen molar-refractivity contribution < 1.29 is 28.6 Å².